The molecule has 1 atom stereocenters. The Kier molecular flexibility index (Phi) is 6.28. The second-order valence-electron chi connectivity index (χ2n) is 6.97. The van der Waals surface area contributed by atoms with Gasteiger partial charge in [0.25, 0.3) is 0 Å². The summed E-state index contributed by atoms with van der Waals surface area (Å²) in [5, 5.41) is 2.29. The summed E-state index contributed by atoms with van der Waals surface area (Å²) in [4.78, 5) is 26.8. The molecule has 0 spiro atoms. The predicted octanol–water partition coefficient (Wildman–Crippen LogP) is 4.98. The molecule has 9 heteroatoms. The summed E-state index contributed by atoms with van der Waals surface area (Å²) in [7, 11) is 1.36. The molecule has 2 aromatic rings. The summed E-state index contributed by atoms with van der Waals surface area (Å²) in [5.74, 6) is -1.35. The Morgan fingerprint density at radius 3 is 2.60 bits per heavy atom. The highest BCUT2D eigenvalue weighted by atomic mass is 19.4. The van der Waals surface area contributed by atoms with E-state index in [0.717, 1.165) is 12.1 Å². The third-order valence-corrected chi connectivity index (χ3v) is 4.98. The number of hydrogen-bond donors (Lipinski definition) is 1. The summed E-state index contributed by atoms with van der Waals surface area (Å²) in [5.41, 5.74) is -1.23. The Balaban J connectivity index is 1.75. The van der Waals surface area contributed by atoms with E-state index in [1.165, 1.54) is 42.3 Å². The van der Waals surface area contributed by atoms with E-state index in [1.807, 2.05) is 0 Å². The van der Waals surface area contributed by atoms with Gasteiger partial charge in [-0.1, -0.05) is 12.1 Å². The van der Waals surface area contributed by atoms with Crippen LogP contribution >= 0.6 is 0 Å². The van der Waals surface area contributed by atoms with Gasteiger partial charge in [-0.2, -0.15) is 13.2 Å². The van der Waals surface area contributed by atoms with Gasteiger partial charge in [0, 0.05) is 19.0 Å². The van der Waals surface area contributed by atoms with E-state index in [1.54, 1.807) is 0 Å². The molecule has 2 amide bonds. The Morgan fingerprint density at radius 2 is 1.90 bits per heavy atom. The SMILES string of the molecule is COc1ccc(F)cc1C(=O)[C@H]1CCCN(C(=O)Nc2ccccc2C(F)(F)F)C1. The summed E-state index contributed by atoms with van der Waals surface area (Å²) < 4.78 is 58.2. The molecule has 0 aliphatic carbocycles. The van der Waals surface area contributed by atoms with Crippen molar-refractivity contribution in [2.45, 2.75) is 19.0 Å². The number of methoxy groups -OCH3 is 1. The van der Waals surface area contributed by atoms with Crippen molar-refractivity contribution in [1.82, 2.24) is 4.90 Å². The lowest BCUT2D eigenvalue weighted by molar-refractivity contribution is -0.136. The molecule has 0 radical (unpaired) electrons. The third kappa shape index (κ3) is 4.72. The summed E-state index contributed by atoms with van der Waals surface area (Å²) in [6.07, 6.45) is -3.65. The minimum absolute atomic E-state index is 0.0124. The molecular weight excluding hydrogens is 404 g/mol. The zero-order valence-electron chi connectivity index (χ0n) is 16.1. The predicted molar refractivity (Wildman–Crippen MR) is 102 cm³/mol. The number of rotatable bonds is 4. The number of Topliss-reactive ketones (excluding diaryl/α,β-unsaturated/α-hetero) is 1. The highest BCUT2D eigenvalue weighted by Gasteiger charge is 2.35. The number of carbonyl (C=O) groups excluding carboxylic acids is 2. The van der Waals surface area contributed by atoms with E-state index in [2.05, 4.69) is 5.32 Å². The first-order valence-corrected chi connectivity index (χ1v) is 9.30. The number of benzene rings is 2. The number of hydrogen-bond acceptors (Lipinski definition) is 3. The van der Waals surface area contributed by atoms with Crippen LogP contribution in [0.2, 0.25) is 0 Å². The van der Waals surface area contributed by atoms with Crippen LogP contribution in [0.25, 0.3) is 0 Å². The molecule has 1 saturated heterocycles. The van der Waals surface area contributed by atoms with Gasteiger partial charge in [0.05, 0.1) is 23.9 Å². The monoisotopic (exact) mass is 424 g/mol. The molecule has 0 unspecified atom stereocenters. The van der Waals surface area contributed by atoms with E-state index in [-0.39, 0.29) is 29.3 Å². The third-order valence-electron chi connectivity index (χ3n) is 4.98. The molecular formula is C21H20F4N2O3. The number of ether oxygens (including phenoxy) is 1. The maximum Gasteiger partial charge on any atom is 0.418 e. The van der Waals surface area contributed by atoms with Crippen molar-refractivity contribution in [2.75, 3.05) is 25.5 Å². The standard InChI is InChI=1S/C21H20F4N2O3/c1-30-18-9-8-14(22)11-15(18)19(28)13-5-4-10-27(12-13)20(29)26-17-7-3-2-6-16(17)21(23,24)25/h2-3,6-9,11,13H,4-5,10,12H2,1H3,(H,26,29)/t13-/m0/s1. The van der Waals surface area contributed by atoms with Gasteiger partial charge in [0.15, 0.2) is 5.78 Å². The van der Waals surface area contributed by atoms with Gasteiger partial charge in [-0.05, 0) is 43.2 Å². The second-order valence-corrected chi connectivity index (χ2v) is 6.97. The summed E-state index contributed by atoms with van der Waals surface area (Å²) >= 11 is 0. The van der Waals surface area contributed by atoms with Crippen molar-refractivity contribution in [3.8, 4) is 5.75 Å². The van der Waals surface area contributed by atoms with Gasteiger partial charge >= 0.3 is 12.2 Å². The molecule has 0 aromatic heterocycles. The topological polar surface area (TPSA) is 58.6 Å². The number of piperidine rings is 1. The Labute approximate surface area is 170 Å². The van der Waals surface area contributed by atoms with Crippen molar-refractivity contribution in [3.05, 3.63) is 59.4 Å². The quantitative estimate of drug-likeness (QED) is 0.556. The van der Waals surface area contributed by atoms with Gasteiger partial charge in [0.1, 0.15) is 11.6 Å². The number of nitrogens with one attached hydrogen (secondary N) is 1. The first-order chi connectivity index (χ1) is 14.2. The first kappa shape index (κ1) is 21.6. The van der Waals surface area contributed by atoms with E-state index in [0.29, 0.717) is 19.4 Å². The normalized spacial score (nSPS) is 16.8. The number of halogens is 4. The zero-order valence-corrected chi connectivity index (χ0v) is 16.1. The minimum Gasteiger partial charge on any atom is -0.496 e. The molecule has 1 fully saturated rings. The van der Waals surface area contributed by atoms with Crippen molar-refractivity contribution in [3.63, 3.8) is 0 Å². The van der Waals surface area contributed by atoms with E-state index >= 15 is 0 Å². The molecule has 1 heterocycles. The maximum absolute atomic E-state index is 13.6. The average Bonchev–Trinajstić information content (AvgIpc) is 2.73. The van der Waals surface area contributed by atoms with Crippen molar-refractivity contribution in [2.24, 2.45) is 5.92 Å². The van der Waals surface area contributed by atoms with Crippen LogP contribution < -0.4 is 10.1 Å². The second kappa shape index (κ2) is 8.73. The van der Waals surface area contributed by atoms with E-state index < -0.39 is 29.5 Å². The molecule has 1 N–H and O–H groups in total. The minimum atomic E-state index is -4.61. The molecule has 160 valence electrons. The van der Waals surface area contributed by atoms with Gasteiger partial charge in [0.2, 0.25) is 0 Å². The van der Waals surface area contributed by atoms with Crippen LogP contribution in [0.15, 0.2) is 42.5 Å². The lowest BCUT2D eigenvalue weighted by Crippen LogP contribution is -2.44. The molecule has 1 aliphatic rings. The molecule has 1 aliphatic heterocycles. The van der Waals surface area contributed by atoms with Crippen molar-refractivity contribution < 1.29 is 31.9 Å². The van der Waals surface area contributed by atoms with Gasteiger partial charge in [-0.25, -0.2) is 9.18 Å². The van der Waals surface area contributed by atoms with Gasteiger partial charge in [-0.15, -0.1) is 0 Å². The Bertz CT molecular complexity index is 946. The lowest BCUT2D eigenvalue weighted by Gasteiger charge is -2.32. The zero-order chi connectivity index (χ0) is 21.9. The van der Waals surface area contributed by atoms with Crippen LogP contribution in [0.3, 0.4) is 0 Å². The van der Waals surface area contributed by atoms with Gasteiger partial charge < -0.3 is 15.0 Å². The van der Waals surface area contributed by atoms with Crippen LogP contribution in [0.4, 0.5) is 28.0 Å². The van der Waals surface area contributed by atoms with Crippen LogP contribution in [0, 0.1) is 11.7 Å². The average molecular weight is 424 g/mol. The molecule has 5 nitrogen and oxygen atoms in total. The van der Waals surface area contributed by atoms with Crippen LogP contribution in [0.1, 0.15) is 28.8 Å². The largest absolute Gasteiger partial charge is 0.496 e. The fraction of sp³-hybridized carbons (Fsp3) is 0.333. The molecule has 0 bridgehead atoms. The molecule has 0 saturated carbocycles. The highest BCUT2D eigenvalue weighted by Crippen LogP contribution is 2.35. The number of amides is 2. The highest BCUT2D eigenvalue weighted by molar-refractivity contribution is 6.01. The number of para-hydroxylation sites is 1. The van der Waals surface area contributed by atoms with Gasteiger partial charge in [-0.3, -0.25) is 4.79 Å². The van der Waals surface area contributed by atoms with Crippen LogP contribution in [0.5, 0.6) is 5.75 Å². The lowest BCUT2D eigenvalue weighted by atomic mass is 9.89. The number of ketones is 1. The fourth-order valence-electron chi connectivity index (χ4n) is 3.50. The van der Waals surface area contributed by atoms with E-state index in [9.17, 15) is 27.2 Å². The van der Waals surface area contributed by atoms with Crippen molar-refractivity contribution in [1.29, 1.82) is 0 Å². The van der Waals surface area contributed by atoms with Crippen LogP contribution in [-0.4, -0.2) is 36.9 Å². The van der Waals surface area contributed by atoms with Crippen LogP contribution in [-0.2, 0) is 6.18 Å². The number of nitrogens with zero attached hydrogens (tertiary/aromatic N) is 1. The number of urea groups is 1. The fourth-order valence-corrected chi connectivity index (χ4v) is 3.50. The summed E-state index contributed by atoms with van der Waals surface area (Å²) in [6.45, 7) is 0.308. The van der Waals surface area contributed by atoms with Crippen molar-refractivity contribution >= 4 is 17.5 Å². The number of carbonyl (C=O) groups is 2. The Morgan fingerprint density at radius 1 is 1.17 bits per heavy atom. The molecule has 30 heavy (non-hydrogen) atoms. The number of likely N-dealkylation sites (tertiary alicyclic amines) is 1. The number of anilines is 1. The molecule has 3 rings (SSSR count). The number of alkyl halides is 3. The molecule has 2 aromatic carbocycles. The Hall–Kier alpha value is -3.10. The maximum atomic E-state index is 13.6. The smallest absolute Gasteiger partial charge is 0.418 e. The first-order valence-electron chi connectivity index (χ1n) is 9.30. The van der Waals surface area contributed by atoms with E-state index in [4.69, 9.17) is 4.74 Å². The summed E-state index contributed by atoms with van der Waals surface area (Å²) in [6, 6.07) is 7.57.